The Kier molecular flexibility index (Phi) is 11.0. The van der Waals surface area contributed by atoms with Crippen molar-refractivity contribution in [2.24, 2.45) is 0 Å². The first-order chi connectivity index (χ1) is 19.1. The van der Waals surface area contributed by atoms with E-state index in [1.54, 1.807) is 31.2 Å². The van der Waals surface area contributed by atoms with Crippen molar-refractivity contribution in [3.63, 3.8) is 0 Å². The second kappa shape index (κ2) is 14.2. The van der Waals surface area contributed by atoms with E-state index < -0.39 is 28.5 Å². The molecule has 0 bridgehead atoms. The van der Waals surface area contributed by atoms with Crippen LogP contribution in [-0.2, 0) is 26.2 Å². The van der Waals surface area contributed by atoms with Gasteiger partial charge in [-0.3, -0.25) is 13.9 Å². The largest absolute Gasteiger partial charge is 0.497 e. The molecule has 1 N–H and O–H groups in total. The van der Waals surface area contributed by atoms with E-state index in [0.717, 1.165) is 20.8 Å². The third-order valence-corrected chi connectivity index (χ3v) is 8.51. The molecule has 0 aliphatic heterocycles. The first-order valence-electron chi connectivity index (χ1n) is 12.7. The van der Waals surface area contributed by atoms with Gasteiger partial charge in [-0.25, -0.2) is 8.42 Å². The van der Waals surface area contributed by atoms with E-state index in [2.05, 4.69) is 21.2 Å². The number of nitrogens with one attached hydrogen (secondary N) is 1. The summed E-state index contributed by atoms with van der Waals surface area (Å²) in [6, 6.07) is 19.0. The van der Waals surface area contributed by atoms with E-state index in [1.807, 2.05) is 31.2 Å². The molecule has 0 fully saturated rings. The molecule has 214 valence electrons. The number of ether oxygens (including phenoxy) is 2. The van der Waals surface area contributed by atoms with Crippen molar-refractivity contribution in [1.29, 1.82) is 0 Å². The van der Waals surface area contributed by atoms with Gasteiger partial charge in [0.2, 0.25) is 11.8 Å². The molecule has 3 aromatic rings. The average molecular weight is 633 g/mol. The van der Waals surface area contributed by atoms with Gasteiger partial charge in [-0.1, -0.05) is 47.1 Å². The summed E-state index contributed by atoms with van der Waals surface area (Å²) in [6.07, 6.45) is 0.736. The van der Waals surface area contributed by atoms with Crippen LogP contribution in [0.1, 0.15) is 25.8 Å². The van der Waals surface area contributed by atoms with Crippen molar-refractivity contribution in [3.05, 3.63) is 82.8 Å². The maximum absolute atomic E-state index is 14.0. The first-order valence-corrected chi connectivity index (χ1v) is 15.0. The van der Waals surface area contributed by atoms with E-state index in [4.69, 9.17) is 9.47 Å². The van der Waals surface area contributed by atoms with Crippen LogP contribution in [0.15, 0.2) is 82.2 Å². The van der Waals surface area contributed by atoms with Gasteiger partial charge in [0, 0.05) is 17.6 Å². The highest BCUT2D eigenvalue weighted by atomic mass is 79.9. The Hall–Kier alpha value is -3.57. The highest BCUT2D eigenvalue weighted by Crippen LogP contribution is 2.33. The summed E-state index contributed by atoms with van der Waals surface area (Å²) in [7, 11) is -1.32. The van der Waals surface area contributed by atoms with E-state index in [1.165, 1.54) is 43.4 Å². The van der Waals surface area contributed by atoms with Gasteiger partial charge in [0.15, 0.2) is 0 Å². The number of halogens is 1. The standard InChI is InChI=1S/C29H34BrN3O6S/c1-5-17-31-29(35)21(2)32(19-22-9-8-10-23(30)18-22)28(34)20-33(26-11-6-7-12-27(26)39-4)40(36,37)25-15-13-24(38-3)14-16-25/h6-16,18,21H,5,17,19-20H2,1-4H3,(H,31,35). The van der Waals surface area contributed by atoms with Crippen molar-refractivity contribution >= 4 is 43.5 Å². The molecule has 0 spiro atoms. The Labute approximate surface area is 244 Å². The van der Waals surface area contributed by atoms with E-state index in [9.17, 15) is 18.0 Å². The van der Waals surface area contributed by atoms with Crippen molar-refractivity contribution in [3.8, 4) is 11.5 Å². The van der Waals surface area contributed by atoms with Crippen LogP contribution < -0.4 is 19.1 Å². The van der Waals surface area contributed by atoms with E-state index in [0.29, 0.717) is 12.3 Å². The molecule has 0 aliphatic carbocycles. The number of benzene rings is 3. The summed E-state index contributed by atoms with van der Waals surface area (Å²) in [5.74, 6) is -0.111. The minimum atomic E-state index is -4.24. The van der Waals surface area contributed by atoms with Gasteiger partial charge in [0.1, 0.15) is 24.1 Å². The number of hydrogen-bond acceptors (Lipinski definition) is 6. The topological polar surface area (TPSA) is 105 Å². The SMILES string of the molecule is CCCNC(=O)C(C)N(Cc1cccc(Br)c1)C(=O)CN(c1ccccc1OC)S(=O)(=O)c1ccc(OC)cc1. The Morgan fingerprint density at radius 1 is 0.975 bits per heavy atom. The second-order valence-corrected chi connectivity index (χ2v) is 11.8. The average Bonchev–Trinajstić information content (AvgIpc) is 2.96. The van der Waals surface area contributed by atoms with Gasteiger partial charge in [-0.15, -0.1) is 0 Å². The summed E-state index contributed by atoms with van der Waals surface area (Å²) in [5, 5.41) is 2.83. The van der Waals surface area contributed by atoms with Crippen molar-refractivity contribution in [1.82, 2.24) is 10.2 Å². The van der Waals surface area contributed by atoms with Gasteiger partial charge in [-0.05, 0) is 67.4 Å². The molecule has 2 amide bonds. The zero-order chi connectivity index (χ0) is 29.3. The summed E-state index contributed by atoms with van der Waals surface area (Å²) in [5.41, 5.74) is 0.972. The van der Waals surface area contributed by atoms with Crippen LogP contribution in [0.2, 0.25) is 0 Å². The zero-order valence-electron chi connectivity index (χ0n) is 23.0. The normalized spacial score (nSPS) is 11.8. The number of hydrogen-bond donors (Lipinski definition) is 1. The van der Waals surface area contributed by atoms with Gasteiger partial charge < -0.3 is 19.7 Å². The monoisotopic (exact) mass is 631 g/mol. The number of sulfonamides is 1. The molecule has 0 saturated carbocycles. The fourth-order valence-corrected chi connectivity index (χ4v) is 5.91. The maximum atomic E-state index is 14.0. The molecule has 40 heavy (non-hydrogen) atoms. The van der Waals surface area contributed by atoms with E-state index in [-0.39, 0.29) is 28.8 Å². The fourth-order valence-electron chi connectivity index (χ4n) is 4.03. The Balaban J connectivity index is 2.06. The lowest BCUT2D eigenvalue weighted by Gasteiger charge is -2.32. The van der Waals surface area contributed by atoms with Crippen LogP contribution in [0.25, 0.3) is 0 Å². The molecule has 0 aliphatic rings. The highest BCUT2D eigenvalue weighted by molar-refractivity contribution is 9.10. The molecule has 9 nitrogen and oxygen atoms in total. The molecule has 1 unspecified atom stereocenters. The lowest BCUT2D eigenvalue weighted by atomic mass is 10.1. The third-order valence-electron chi connectivity index (χ3n) is 6.24. The molecule has 0 heterocycles. The van der Waals surface area contributed by atoms with Crippen LogP contribution in [0.3, 0.4) is 0 Å². The number of para-hydroxylation sites is 2. The van der Waals surface area contributed by atoms with Gasteiger partial charge in [0.05, 0.1) is 24.8 Å². The number of carbonyl (C=O) groups excluding carboxylic acids is 2. The van der Waals surface area contributed by atoms with Gasteiger partial charge in [0.25, 0.3) is 10.0 Å². The molecular weight excluding hydrogens is 598 g/mol. The molecule has 0 radical (unpaired) electrons. The molecule has 0 aromatic heterocycles. The van der Waals surface area contributed by atoms with Crippen molar-refractivity contribution < 1.29 is 27.5 Å². The number of nitrogens with zero attached hydrogens (tertiary/aromatic N) is 2. The summed E-state index contributed by atoms with van der Waals surface area (Å²) in [6.45, 7) is 3.56. The van der Waals surface area contributed by atoms with Crippen molar-refractivity contribution in [2.45, 2.75) is 37.8 Å². The third kappa shape index (κ3) is 7.54. The van der Waals surface area contributed by atoms with Crippen LogP contribution in [0.5, 0.6) is 11.5 Å². The van der Waals surface area contributed by atoms with Crippen molar-refractivity contribution in [2.75, 3.05) is 31.6 Å². The van der Waals surface area contributed by atoms with Crippen LogP contribution in [0.4, 0.5) is 5.69 Å². The summed E-state index contributed by atoms with van der Waals surface area (Å²) < 4.78 is 40.4. The van der Waals surface area contributed by atoms with Crippen LogP contribution in [0, 0.1) is 0 Å². The number of methoxy groups -OCH3 is 2. The minimum Gasteiger partial charge on any atom is -0.497 e. The number of carbonyl (C=O) groups is 2. The molecule has 1 atom stereocenters. The van der Waals surface area contributed by atoms with Crippen LogP contribution >= 0.6 is 15.9 Å². The Morgan fingerprint density at radius 2 is 1.68 bits per heavy atom. The predicted molar refractivity (Wildman–Crippen MR) is 158 cm³/mol. The smallest absolute Gasteiger partial charge is 0.264 e. The number of rotatable bonds is 13. The summed E-state index contributed by atoms with van der Waals surface area (Å²) in [4.78, 5) is 28.3. The zero-order valence-corrected chi connectivity index (χ0v) is 25.4. The van der Waals surface area contributed by atoms with Gasteiger partial charge >= 0.3 is 0 Å². The minimum absolute atomic E-state index is 0.0284. The maximum Gasteiger partial charge on any atom is 0.264 e. The second-order valence-electron chi connectivity index (χ2n) is 8.98. The van der Waals surface area contributed by atoms with E-state index >= 15 is 0 Å². The lowest BCUT2D eigenvalue weighted by molar-refractivity contribution is -0.139. The first kappa shape index (κ1) is 31.0. The Bertz CT molecular complexity index is 1420. The summed E-state index contributed by atoms with van der Waals surface area (Å²) >= 11 is 3.45. The molecule has 11 heteroatoms. The quantitative estimate of drug-likeness (QED) is 0.295. The number of amides is 2. The molecule has 3 rings (SSSR count). The molecular formula is C29H34BrN3O6S. The number of anilines is 1. The molecule has 3 aromatic carbocycles. The van der Waals surface area contributed by atoms with Crippen LogP contribution in [-0.4, -0.2) is 58.5 Å². The Morgan fingerprint density at radius 3 is 2.30 bits per heavy atom. The molecule has 0 saturated heterocycles. The lowest BCUT2D eigenvalue weighted by Crippen LogP contribution is -2.51. The fraction of sp³-hybridized carbons (Fsp3) is 0.310. The van der Waals surface area contributed by atoms with Gasteiger partial charge in [-0.2, -0.15) is 0 Å². The predicted octanol–water partition coefficient (Wildman–Crippen LogP) is 4.61. The highest BCUT2D eigenvalue weighted by Gasteiger charge is 2.33.